The summed E-state index contributed by atoms with van der Waals surface area (Å²) in [6, 6.07) is 15.4. The number of carbonyl (C=O) groups excluding carboxylic acids is 1. The van der Waals surface area contributed by atoms with E-state index in [1.165, 1.54) is 12.1 Å². The third kappa shape index (κ3) is 3.67. The Kier molecular flexibility index (Phi) is 4.78. The Hall–Kier alpha value is -3.17. The second-order valence-corrected chi connectivity index (χ2v) is 5.69. The van der Waals surface area contributed by atoms with E-state index >= 15 is 0 Å². The Balaban J connectivity index is 1.81. The summed E-state index contributed by atoms with van der Waals surface area (Å²) in [7, 11) is 0. The SMILES string of the molecule is N#CC(C(=O)NCc1ccc(O)cc1)c1nc2ccccc2nc1Cl. The van der Waals surface area contributed by atoms with Crippen LogP contribution in [0.4, 0.5) is 0 Å². The highest BCUT2D eigenvalue weighted by Gasteiger charge is 2.25. The molecule has 0 radical (unpaired) electrons. The molecule has 3 aromatic rings. The molecule has 0 saturated carbocycles. The summed E-state index contributed by atoms with van der Waals surface area (Å²) in [6.07, 6.45) is 0. The molecule has 2 N–H and O–H groups in total. The summed E-state index contributed by atoms with van der Waals surface area (Å²) in [4.78, 5) is 20.9. The van der Waals surface area contributed by atoms with Crippen LogP contribution in [0.15, 0.2) is 48.5 Å². The van der Waals surface area contributed by atoms with Crippen molar-refractivity contribution in [2.24, 2.45) is 0 Å². The number of aromatic nitrogens is 2. The highest BCUT2D eigenvalue weighted by Crippen LogP contribution is 2.24. The van der Waals surface area contributed by atoms with E-state index in [4.69, 9.17) is 11.6 Å². The molecule has 1 atom stereocenters. The van der Waals surface area contributed by atoms with E-state index in [0.29, 0.717) is 11.0 Å². The van der Waals surface area contributed by atoms with E-state index in [1.54, 1.807) is 36.4 Å². The van der Waals surface area contributed by atoms with Crippen molar-refractivity contribution in [3.05, 3.63) is 64.9 Å². The van der Waals surface area contributed by atoms with Gasteiger partial charge in [-0.3, -0.25) is 4.79 Å². The molecule has 0 aliphatic heterocycles. The first-order valence-corrected chi connectivity index (χ1v) is 7.83. The molecule has 0 aliphatic rings. The molecule has 124 valence electrons. The number of phenols is 1. The minimum Gasteiger partial charge on any atom is -0.508 e. The zero-order valence-corrected chi connectivity index (χ0v) is 13.7. The number of nitrogens with one attached hydrogen (secondary N) is 1. The number of hydrogen-bond acceptors (Lipinski definition) is 5. The quantitative estimate of drug-likeness (QED) is 0.752. The van der Waals surface area contributed by atoms with Gasteiger partial charge in [0, 0.05) is 6.54 Å². The molecule has 0 bridgehead atoms. The Labute approximate surface area is 148 Å². The number of benzene rings is 2. The van der Waals surface area contributed by atoms with Gasteiger partial charge in [0.15, 0.2) is 11.1 Å². The lowest BCUT2D eigenvalue weighted by Crippen LogP contribution is -2.29. The normalized spacial score (nSPS) is 11.7. The van der Waals surface area contributed by atoms with Crippen molar-refractivity contribution < 1.29 is 9.90 Å². The smallest absolute Gasteiger partial charge is 0.243 e. The van der Waals surface area contributed by atoms with Crippen molar-refractivity contribution in [1.82, 2.24) is 15.3 Å². The van der Waals surface area contributed by atoms with Gasteiger partial charge in [0.1, 0.15) is 11.4 Å². The van der Waals surface area contributed by atoms with Crippen molar-refractivity contribution in [2.75, 3.05) is 0 Å². The van der Waals surface area contributed by atoms with Gasteiger partial charge in [0.25, 0.3) is 0 Å². The van der Waals surface area contributed by atoms with E-state index in [9.17, 15) is 15.2 Å². The van der Waals surface area contributed by atoms with Crippen LogP contribution in [0, 0.1) is 11.3 Å². The number of phenolic OH excluding ortho intramolecular Hbond substituents is 1. The van der Waals surface area contributed by atoms with Crippen LogP contribution >= 0.6 is 11.6 Å². The zero-order chi connectivity index (χ0) is 17.8. The standard InChI is InChI=1S/C18H13ClN4O2/c19-17-16(22-14-3-1-2-4-15(14)23-17)13(9-20)18(25)21-10-11-5-7-12(24)8-6-11/h1-8,13,24H,10H2,(H,21,25). The number of nitriles is 1. The fourth-order valence-corrected chi connectivity index (χ4v) is 2.57. The molecule has 25 heavy (non-hydrogen) atoms. The highest BCUT2D eigenvalue weighted by molar-refractivity contribution is 6.30. The van der Waals surface area contributed by atoms with Crippen LogP contribution in [0.1, 0.15) is 17.2 Å². The van der Waals surface area contributed by atoms with Gasteiger partial charge in [-0.25, -0.2) is 9.97 Å². The van der Waals surface area contributed by atoms with Gasteiger partial charge in [-0.05, 0) is 29.8 Å². The zero-order valence-electron chi connectivity index (χ0n) is 13.0. The number of aromatic hydroxyl groups is 1. The molecule has 0 spiro atoms. The lowest BCUT2D eigenvalue weighted by molar-refractivity contribution is -0.121. The number of fused-ring (bicyclic) bond motifs is 1. The van der Waals surface area contributed by atoms with E-state index in [0.717, 1.165) is 5.56 Å². The predicted molar refractivity (Wildman–Crippen MR) is 92.9 cm³/mol. The second-order valence-electron chi connectivity index (χ2n) is 5.33. The van der Waals surface area contributed by atoms with Crippen LogP contribution in [-0.4, -0.2) is 21.0 Å². The molecule has 1 amide bonds. The number of hydrogen-bond donors (Lipinski definition) is 2. The van der Waals surface area contributed by atoms with Gasteiger partial charge in [-0.1, -0.05) is 35.9 Å². The number of carbonyl (C=O) groups is 1. The molecule has 1 aromatic heterocycles. The fourth-order valence-electron chi connectivity index (χ4n) is 2.32. The van der Waals surface area contributed by atoms with Gasteiger partial charge in [-0.2, -0.15) is 5.26 Å². The van der Waals surface area contributed by atoms with E-state index in [2.05, 4.69) is 15.3 Å². The van der Waals surface area contributed by atoms with Crippen LogP contribution in [0.2, 0.25) is 5.15 Å². The summed E-state index contributed by atoms with van der Waals surface area (Å²) >= 11 is 6.12. The van der Waals surface area contributed by atoms with Gasteiger partial charge in [-0.15, -0.1) is 0 Å². The van der Waals surface area contributed by atoms with Crippen LogP contribution < -0.4 is 5.32 Å². The maximum absolute atomic E-state index is 12.4. The Bertz CT molecular complexity index is 967. The Morgan fingerprint density at radius 1 is 1.16 bits per heavy atom. The third-order valence-corrected chi connectivity index (χ3v) is 3.90. The minimum absolute atomic E-state index is 0.0324. The monoisotopic (exact) mass is 352 g/mol. The van der Waals surface area contributed by atoms with Crippen LogP contribution in [0.5, 0.6) is 5.75 Å². The fraction of sp³-hybridized carbons (Fsp3) is 0.111. The van der Waals surface area contributed by atoms with E-state index < -0.39 is 11.8 Å². The van der Waals surface area contributed by atoms with Crippen molar-refractivity contribution >= 4 is 28.5 Å². The summed E-state index contributed by atoms with van der Waals surface area (Å²) in [5, 5.41) is 21.4. The van der Waals surface area contributed by atoms with Gasteiger partial charge in [0.05, 0.1) is 17.1 Å². The van der Waals surface area contributed by atoms with Crippen LogP contribution in [0.3, 0.4) is 0 Å². The summed E-state index contributed by atoms with van der Waals surface area (Å²) in [6.45, 7) is 0.218. The average Bonchev–Trinajstić information content (AvgIpc) is 2.62. The van der Waals surface area contributed by atoms with E-state index in [1.807, 2.05) is 6.07 Å². The van der Waals surface area contributed by atoms with Crippen molar-refractivity contribution in [3.8, 4) is 11.8 Å². The molecule has 1 heterocycles. The molecule has 3 rings (SSSR count). The molecule has 0 aliphatic carbocycles. The van der Waals surface area contributed by atoms with Gasteiger partial charge in [0.2, 0.25) is 5.91 Å². The molecule has 2 aromatic carbocycles. The minimum atomic E-state index is -1.17. The maximum atomic E-state index is 12.4. The van der Waals surface area contributed by atoms with Crippen molar-refractivity contribution in [1.29, 1.82) is 5.26 Å². The Morgan fingerprint density at radius 2 is 1.80 bits per heavy atom. The topological polar surface area (TPSA) is 98.9 Å². The average molecular weight is 353 g/mol. The van der Waals surface area contributed by atoms with Crippen molar-refractivity contribution in [3.63, 3.8) is 0 Å². The third-order valence-electron chi connectivity index (χ3n) is 3.62. The largest absolute Gasteiger partial charge is 0.508 e. The molecule has 6 nitrogen and oxygen atoms in total. The number of halogens is 1. The lowest BCUT2D eigenvalue weighted by Gasteiger charge is -2.12. The number of rotatable bonds is 4. The first-order valence-electron chi connectivity index (χ1n) is 7.46. The molecular formula is C18H13ClN4O2. The summed E-state index contributed by atoms with van der Waals surface area (Å²) in [5.74, 6) is -1.54. The first-order chi connectivity index (χ1) is 12.1. The molecule has 7 heteroatoms. The molecule has 0 fully saturated rings. The lowest BCUT2D eigenvalue weighted by atomic mass is 10.1. The second kappa shape index (κ2) is 7.16. The number of nitrogens with zero attached hydrogens (tertiary/aromatic N) is 3. The maximum Gasteiger partial charge on any atom is 0.243 e. The summed E-state index contributed by atoms with van der Waals surface area (Å²) < 4.78 is 0. The number of amides is 1. The first kappa shape index (κ1) is 16.7. The highest BCUT2D eigenvalue weighted by atomic mass is 35.5. The predicted octanol–water partition coefficient (Wildman–Crippen LogP) is 2.91. The van der Waals surface area contributed by atoms with Crippen LogP contribution in [0.25, 0.3) is 11.0 Å². The van der Waals surface area contributed by atoms with Gasteiger partial charge < -0.3 is 10.4 Å². The molecule has 1 unspecified atom stereocenters. The Morgan fingerprint density at radius 3 is 2.44 bits per heavy atom. The van der Waals surface area contributed by atoms with Crippen molar-refractivity contribution in [2.45, 2.75) is 12.5 Å². The van der Waals surface area contributed by atoms with Gasteiger partial charge >= 0.3 is 0 Å². The number of para-hydroxylation sites is 2. The van der Waals surface area contributed by atoms with E-state index in [-0.39, 0.29) is 23.1 Å². The molecular weight excluding hydrogens is 340 g/mol. The van der Waals surface area contributed by atoms with Crippen LogP contribution in [-0.2, 0) is 11.3 Å². The summed E-state index contributed by atoms with van der Waals surface area (Å²) in [5.41, 5.74) is 2.08. The molecule has 0 saturated heterocycles.